The van der Waals surface area contributed by atoms with Crippen molar-refractivity contribution in [2.75, 3.05) is 19.0 Å². The average molecular weight is 436 g/mol. The molecule has 156 valence electrons. The number of aromatic nitrogens is 2. The second-order valence-corrected chi connectivity index (χ2v) is 6.84. The predicted octanol–water partition coefficient (Wildman–Crippen LogP) is 5.08. The molecule has 0 spiro atoms. The van der Waals surface area contributed by atoms with E-state index >= 15 is 0 Å². The highest BCUT2D eigenvalue weighted by molar-refractivity contribution is 6.33. The first-order chi connectivity index (χ1) is 15.2. The largest absolute Gasteiger partial charge is 0.495 e. The molecule has 7 nitrogen and oxygen atoms in total. The Morgan fingerprint density at radius 2 is 1.65 bits per heavy atom. The monoisotopic (exact) mass is 435 g/mol. The number of hydrogen-bond donors (Lipinski definition) is 1. The minimum absolute atomic E-state index is 0.208. The van der Waals surface area contributed by atoms with Gasteiger partial charge in [0.25, 0.3) is 11.8 Å². The molecule has 1 N–H and O–H groups in total. The molecule has 0 unspecified atom stereocenters. The SMILES string of the molecule is COc1ccccc1NC(=O)COc1ccccc1-c1nc(-c2ccccc2Cl)no1. The number of carbonyl (C=O) groups is 1. The molecular formula is C23H18ClN3O4. The number of amides is 1. The maximum Gasteiger partial charge on any atom is 0.262 e. The van der Waals surface area contributed by atoms with Crippen LogP contribution in [0.15, 0.2) is 77.3 Å². The standard InChI is InChI=1S/C23H18ClN3O4/c1-29-20-13-7-5-11-18(20)25-21(28)14-30-19-12-6-3-9-16(19)23-26-22(27-31-23)15-8-2-4-10-17(15)24/h2-13H,14H2,1H3,(H,25,28). The third-order valence-corrected chi connectivity index (χ3v) is 4.73. The van der Waals surface area contributed by atoms with Crippen LogP contribution in [0.3, 0.4) is 0 Å². The zero-order valence-electron chi connectivity index (χ0n) is 16.5. The lowest BCUT2D eigenvalue weighted by atomic mass is 10.2. The van der Waals surface area contributed by atoms with Crippen molar-refractivity contribution in [2.45, 2.75) is 0 Å². The van der Waals surface area contributed by atoms with Gasteiger partial charge < -0.3 is 19.3 Å². The van der Waals surface area contributed by atoms with E-state index in [1.807, 2.05) is 30.3 Å². The van der Waals surface area contributed by atoms with Crippen LogP contribution in [0.25, 0.3) is 22.8 Å². The van der Waals surface area contributed by atoms with Gasteiger partial charge in [-0.2, -0.15) is 4.98 Å². The van der Waals surface area contributed by atoms with Gasteiger partial charge in [0.2, 0.25) is 5.82 Å². The Bertz CT molecular complexity index is 1210. The van der Waals surface area contributed by atoms with Gasteiger partial charge in [0.1, 0.15) is 11.5 Å². The van der Waals surface area contributed by atoms with Crippen LogP contribution >= 0.6 is 11.6 Å². The van der Waals surface area contributed by atoms with Crippen molar-refractivity contribution in [3.8, 4) is 34.3 Å². The fraction of sp³-hybridized carbons (Fsp3) is 0.0870. The Hall–Kier alpha value is -3.84. The predicted molar refractivity (Wildman–Crippen MR) is 117 cm³/mol. The molecule has 8 heteroatoms. The Labute approximate surface area is 183 Å². The smallest absolute Gasteiger partial charge is 0.262 e. The summed E-state index contributed by atoms with van der Waals surface area (Å²) >= 11 is 6.22. The van der Waals surface area contributed by atoms with E-state index in [0.29, 0.717) is 39.2 Å². The van der Waals surface area contributed by atoms with E-state index in [0.717, 1.165) is 0 Å². The van der Waals surface area contributed by atoms with Gasteiger partial charge in [-0.05, 0) is 36.4 Å². The first kappa shape index (κ1) is 20.4. The highest BCUT2D eigenvalue weighted by atomic mass is 35.5. The summed E-state index contributed by atoms with van der Waals surface area (Å²) < 4.78 is 16.4. The molecule has 31 heavy (non-hydrogen) atoms. The molecule has 0 aliphatic carbocycles. The third kappa shape index (κ3) is 4.67. The van der Waals surface area contributed by atoms with Gasteiger partial charge in [0.15, 0.2) is 6.61 Å². The van der Waals surface area contributed by atoms with Gasteiger partial charge in [0.05, 0.1) is 23.4 Å². The van der Waals surface area contributed by atoms with Crippen LogP contribution in [0.2, 0.25) is 5.02 Å². The molecule has 1 aromatic heterocycles. The molecule has 0 aliphatic heterocycles. The van der Waals surface area contributed by atoms with Gasteiger partial charge >= 0.3 is 0 Å². The van der Waals surface area contributed by atoms with Gasteiger partial charge in [0, 0.05) is 5.56 Å². The molecule has 3 aromatic carbocycles. The Balaban J connectivity index is 1.49. The molecular weight excluding hydrogens is 418 g/mol. The lowest BCUT2D eigenvalue weighted by molar-refractivity contribution is -0.118. The van der Waals surface area contributed by atoms with E-state index in [2.05, 4.69) is 15.5 Å². The van der Waals surface area contributed by atoms with Gasteiger partial charge in [-0.1, -0.05) is 53.2 Å². The van der Waals surface area contributed by atoms with Crippen molar-refractivity contribution in [3.63, 3.8) is 0 Å². The number of methoxy groups -OCH3 is 1. The maximum atomic E-state index is 12.4. The first-order valence-electron chi connectivity index (χ1n) is 9.39. The van der Waals surface area contributed by atoms with E-state index in [1.54, 1.807) is 49.6 Å². The third-order valence-electron chi connectivity index (χ3n) is 4.40. The van der Waals surface area contributed by atoms with Crippen molar-refractivity contribution in [2.24, 2.45) is 0 Å². The lowest BCUT2D eigenvalue weighted by Crippen LogP contribution is -2.20. The summed E-state index contributed by atoms with van der Waals surface area (Å²) in [6.45, 7) is -0.208. The molecule has 0 fully saturated rings. The molecule has 1 amide bonds. The summed E-state index contributed by atoms with van der Waals surface area (Å²) in [6, 6.07) is 21.5. The summed E-state index contributed by atoms with van der Waals surface area (Å²) in [7, 11) is 1.54. The number of ether oxygens (including phenoxy) is 2. The van der Waals surface area contributed by atoms with Crippen LogP contribution in [0.5, 0.6) is 11.5 Å². The molecule has 4 aromatic rings. The molecule has 1 heterocycles. The van der Waals surface area contributed by atoms with Gasteiger partial charge in [-0.15, -0.1) is 0 Å². The van der Waals surface area contributed by atoms with E-state index in [9.17, 15) is 4.79 Å². The normalized spacial score (nSPS) is 10.5. The number of anilines is 1. The number of benzene rings is 3. The van der Waals surface area contributed by atoms with E-state index < -0.39 is 0 Å². The van der Waals surface area contributed by atoms with Crippen LogP contribution < -0.4 is 14.8 Å². The number of hydrogen-bond acceptors (Lipinski definition) is 6. The van der Waals surface area contributed by atoms with Crippen molar-refractivity contribution in [1.29, 1.82) is 0 Å². The van der Waals surface area contributed by atoms with Crippen molar-refractivity contribution < 1.29 is 18.8 Å². The van der Waals surface area contributed by atoms with Crippen LogP contribution in [0.4, 0.5) is 5.69 Å². The molecule has 0 bridgehead atoms. The first-order valence-corrected chi connectivity index (χ1v) is 9.77. The van der Waals surface area contributed by atoms with Crippen molar-refractivity contribution in [1.82, 2.24) is 10.1 Å². The number of nitrogens with zero attached hydrogens (tertiary/aromatic N) is 2. The Morgan fingerprint density at radius 3 is 2.42 bits per heavy atom. The van der Waals surface area contributed by atoms with Crippen LogP contribution in [-0.2, 0) is 4.79 Å². The zero-order chi connectivity index (χ0) is 21.6. The highest BCUT2D eigenvalue weighted by Crippen LogP contribution is 2.32. The summed E-state index contributed by atoms with van der Waals surface area (Å²) in [4.78, 5) is 16.8. The number of rotatable bonds is 7. The molecule has 0 aliphatic rings. The minimum atomic E-state index is -0.332. The second-order valence-electron chi connectivity index (χ2n) is 6.44. The minimum Gasteiger partial charge on any atom is -0.495 e. The van der Waals surface area contributed by atoms with E-state index in [4.69, 9.17) is 25.6 Å². The number of carbonyl (C=O) groups excluding carboxylic acids is 1. The maximum absolute atomic E-state index is 12.4. The Kier molecular flexibility index (Phi) is 6.14. The van der Waals surface area contributed by atoms with Crippen LogP contribution in [0, 0.1) is 0 Å². The number of nitrogens with one attached hydrogen (secondary N) is 1. The summed E-state index contributed by atoms with van der Waals surface area (Å²) in [5.41, 5.74) is 1.79. The van der Waals surface area contributed by atoms with Gasteiger partial charge in [-0.25, -0.2) is 0 Å². The summed E-state index contributed by atoms with van der Waals surface area (Å²) in [5.74, 6) is 1.29. The lowest BCUT2D eigenvalue weighted by Gasteiger charge is -2.11. The molecule has 0 radical (unpaired) electrons. The molecule has 0 atom stereocenters. The summed E-state index contributed by atoms with van der Waals surface area (Å²) in [6.07, 6.45) is 0. The average Bonchev–Trinajstić information content (AvgIpc) is 3.28. The number of para-hydroxylation sites is 3. The van der Waals surface area contributed by atoms with E-state index in [-0.39, 0.29) is 18.4 Å². The topological polar surface area (TPSA) is 86.5 Å². The zero-order valence-corrected chi connectivity index (χ0v) is 17.3. The fourth-order valence-corrected chi connectivity index (χ4v) is 3.15. The van der Waals surface area contributed by atoms with Crippen molar-refractivity contribution >= 4 is 23.2 Å². The Morgan fingerprint density at radius 1 is 0.968 bits per heavy atom. The molecule has 0 saturated carbocycles. The van der Waals surface area contributed by atoms with Crippen LogP contribution in [0.1, 0.15) is 0 Å². The molecule has 4 rings (SSSR count). The van der Waals surface area contributed by atoms with E-state index in [1.165, 1.54) is 0 Å². The van der Waals surface area contributed by atoms with Crippen LogP contribution in [-0.4, -0.2) is 29.8 Å². The highest BCUT2D eigenvalue weighted by Gasteiger charge is 2.17. The fourth-order valence-electron chi connectivity index (χ4n) is 2.93. The summed E-state index contributed by atoms with van der Waals surface area (Å²) in [5, 5.41) is 7.30. The second kappa shape index (κ2) is 9.32. The molecule has 0 saturated heterocycles. The van der Waals surface area contributed by atoms with Crippen molar-refractivity contribution in [3.05, 3.63) is 77.8 Å². The number of halogens is 1. The quantitative estimate of drug-likeness (QED) is 0.435. The van der Waals surface area contributed by atoms with Gasteiger partial charge in [-0.3, -0.25) is 4.79 Å².